The summed E-state index contributed by atoms with van der Waals surface area (Å²) in [6.07, 6.45) is 7.30. The number of halogens is 1. The highest BCUT2D eigenvalue weighted by Gasteiger charge is 2.44. The predicted octanol–water partition coefficient (Wildman–Crippen LogP) is 5.12. The van der Waals surface area contributed by atoms with E-state index in [2.05, 4.69) is 17.1 Å². The SMILES string of the molecule is CC(C)OC(=O)CCCC1CC(N2CCC3(CC2)CNc2ccc(F)cc23)CC1C. The third-order valence-electron chi connectivity index (χ3n) is 7.79. The molecule has 1 N–H and O–H groups in total. The van der Waals surface area contributed by atoms with E-state index < -0.39 is 0 Å². The Morgan fingerprint density at radius 2 is 2.07 bits per heavy atom. The minimum Gasteiger partial charge on any atom is -0.463 e. The van der Waals surface area contributed by atoms with Crippen molar-refractivity contribution in [1.29, 1.82) is 0 Å². The van der Waals surface area contributed by atoms with E-state index in [4.69, 9.17) is 4.74 Å². The van der Waals surface area contributed by atoms with Crippen LogP contribution in [0.25, 0.3) is 0 Å². The van der Waals surface area contributed by atoms with Crippen molar-refractivity contribution in [2.75, 3.05) is 25.0 Å². The number of hydrogen-bond donors (Lipinski definition) is 1. The van der Waals surface area contributed by atoms with Crippen molar-refractivity contribution >= 4 is 11.7 Å². The van der Waals surface area contributed by atoms with E-state index in [1.165, 1.54) is 18.4 Å². The molecule has 3 unspecified atom stereocenters. The number of fused-ring (bicyclic) bond motifs is 2. The number of carbonyl (C=O) groups is 1. The molecule has 2 fully saturated rings. The van der Waals surface area contributed by atoms with Crippen LogP contribution >= 0.6 is 0 Å². The molecule has 5 heteroatoms. The first kappa shape index (κ1) is 21.6. The number of hydrogen-bond acceptors (Lipinski definition) is 4. The molecule has 1 saturated heterocycles. The number of nitrogens with zero attached hydrogens (tertiary/aromatic N) is 1. The van der Waals surface area contributed by atoms with Crippen LogP contribution in [0.4, 0.5) is 10.1 Å². The highest BCUT2D eigenvalue weighted by Crippen LogP contribution is 2.46. The van der Waals surface area contributed by atoms with Crippen molar-refractivity contribution in [2.24, 2.45) is 11.8 Å². The first-order valence-corrected chi connectivity index (χ1v) is 11.8. The van der Waals surface area contributed by atoms with Crippen molar-refractivity contribution in [3.63, 3.8) is 0 Å². The number of piperidine rings is 1. The summed E-state index contributed by atoms with van der Waals surface area (Å²) in [5, 5.41) is 3.51. The number of rotatable bonds is 6. The first-order valence-electron chi connectivity index (χ1n) is 11.8. The van der Waals surface area contributed by atoms with Gasteiger partial charge in [-0.25, -0.2) is 4.39 Å². The molecule has 1 spiro atoms. The number of esters is 1. The fourth-order valence-corrected chi connectivity index (χ4v) is 6.06. The molecule has 3 aliphatic rings. The molecule has 4 rings (SSSR count). The van der Waals surface area contributed by atoms with Gasteiger partial charge >= 0.3 is 5.97 Å². The van der Waals surface area contributed by atoms with Crippen molar-refractivity contribution in [3.05, 3.63) is 29.6 Å². The van der Waals surface area contributed by atoms with Gasteiger partial charge in [0.2, 0.25) is 0 Å². The predicted molar refractivity (Wildman–Crippen MR) is 118 cm³/mol. The lowest BCUT2D eigenvalue weighted by Gasteiger charge is -2.42. The maximum absolute atomic E-state index is 13.9. The number of ether oxygens (including phenoxy) is 1. The Morgan fingerprint density at radius 3 is 2.80 bits per heavy atom. The third kappa shape index (κ3) is 4.51. The Morgan fingerprint density at radius 1 is 1.30 bits per heavy atom. The zero-order valence-corrected chi connectivity index (χ0v) is 18.8. The molecule has 0 aromatic heterocycles. The monoisotopic (exact) mass is 416 g/mol. The quantitative estimate of drug-likeness (QED) is 0.654. The largest absolute Gasteiger partial charge is 0.463 e. The molecule has 2 heterocycles. The van der Waals surface area contributed by atoms with Gasteiger partial charge in [-0.2, -0.15) is 0 Å². The average molecular weight is 417 g/mol. The molecular weight excluding hydrogens is 379 g/mol. The second kappa shape index (κ2) is 8.86. The zero-order chi connectivity index (χ0) is 21.3. The fraction of sp³-hybridized carbons (Fsp3) is 0.720. The first-order chi connectivity index (χ1) is 14.4. The second-order valence-corrected chi connectivity index (χ2v) is 10.2. The molecule has 0 bridgehead atoms. The fourth-order valence-electron chi connectivity index (χ4n) is 6.06. The van der Waals surface area contributed by atoms with Crippen molar-refractivity contribution in [3.8, 4) is 0 Å². The molecule has 1 aliphatic carbocycles. The summed E-state index contributed by atoms with van der Waals surface area (Å²) in [4.78, 5) is 14.5. The second-order valence-electron chi connectivity index (χ2n) is 10.2. The van der Waals surface area contributed by atoms with Crippen LogP contribution in [0.15, 0.2) is 18.2 Å². The number of anilines is 1. The lowest BCUT2D eigenvalue weighted by Crippen LogP contribution is -2.47. The third-order valence-corrected chi connectivity index (χ3v) is 7.79. The standard InChI is InChI=1S/C25H37FN2O2/c1-17(2)30-24(29)6-4-5-19-14-21(13-18(19)3)28-11-9-25(10-12-28)16-27-23-8-7-20(26)15-22(23)25/h7-8,15,17-19,21,27H,4-6,9-14,16H2,1-3H3. The van der Waals surface area contributed by atoms with Gasteiger partial charge in [-0.15, -0.1) is 0 Å². The topological polar surface area (TPSA) is 41.6 Å². The minimum atomic E-state index is -0.121. The van der Waals surface area contributed by atoms with E-state index in [0.717, 1.165) is 56.9 Å². The van der Waals surface area contributed by atoms with Gasteiger partial charge in [0.1, 0.15) is 5.82 Å². The lowest BCUT2D eigenvalue weighted by molar-refractivity contribution is -0.147. The van der Waals surface area contributed by atoms with Gasteiger partial charge in [-0.3, -0.25) is 4.79 Å². The molecule has 4 nitrogen and oxygen atoms in total. The summed E-state index contributed by atoms with van der Waals surface area (Å²) >= 11 is 0. The van der Waals surface area contributed by atoms with Gasteiger partial charge in [-0.05, 0) is 101 Å². The van der Waals surface area contributed by atoms with E-state index in [1.54, 1.807) is 12.1 Å². The summed E-state index contributed by atoms with van der Waals surface area (Å²) in [6.45, 7) is 9.32. The van der Waals surface area contributed by atoms with Crippen LogP contribution in [0.5, 0.6) is 0 Å². The maximum atomic E-state index is 13.9. The molecular formula is C25H37FN2O2. The van der Waals surface area contributed by atoms with Gasteiger partial charge in [0, 0.05) is 30.1 Å². The number of nitrogens with one attached hydrogen (secondary N) is 1. The van der Waals surface area contributed by atoms with Crippen LogP contribution in [0.3, 0.4) is 0 Å². The van der Waals surface area contributed by atoms with Gasteiger partial charge in [0.05, 0.1) is 6.10 Å². The highest BCUT2D eigenvalue weighted by molar-refractivity contribution is 5.69. The molecule has 30 heavy (non-hydrogen) atoms. The van der Waals surface area contributed by atoms with Crippen LogP contribution in [-0.2, 0) is 14.9 Å². The smallest absolute Gasteiger partial charge is 0.306 e. The van der Waals surface area contributed by atoms with Crippen molar-refractivity contribution in [2.45, 2.75) is 83.3 Å². The number of likely N-dealkylation sites (tertiary alicyclic amines) is 1. The molecule has 2 aliphatic heterocycles. The minimum absolute atomic E-state index is 0.0202. The van der Waals surface area contributed by atoms with E-state index in [1.807, 2.05) is 19.9 Å². The molecule has 1 saturated carbocycles. The summed E-state index contributed by atoms with van der Waals surface area (Å²) in [5.74, 6) is 1.25. The van der Waals surface area contributed by atoms with Crippen LogP contribution in [-0.4, -0.2) is 42.6 Å². The Balaban J connectivity index is 1.27. The maximum Gasteiger partial charge on any atom is 0.306 e. The molecule has 0 amide bonds. The summed E-state index contributed by atoms with van der Waals surface area (Å²) in [5.41, 5.74) is 2.41. The highest BCUT2D eigenvalue weighted by atomic mass is 19.1. The molecule has 1 aromatic carbocycles. The Hall–Kier alpha value is -1.62. The van der Waals surface area contributed by atoms with Crippen molar-refractivity contribution < 1.29 is 13.9 Å². The van der Waals surface area contributed by atoms with E-state index >= 15 is 0 Å². The van der Waals surface area contributed by atoms with Crippen LogP contribution in [0.2, 0.25) is 0 Å². The van der Waals surface area contributed by atoms with E-state index in [0.29, 0.717) is 18.4 Å². The van der Waals surface area contributed by atoms with E-state index in [-0.39, 0.29) is 23.3 Å². The van der Waals surface area contributed by atoms with Crippen LogP contribution in [0, 0.1) is 17.7 Å². The number of benzene rings is 1. The lowest BCUT2D eigenvalue weighted by atomic mass is 9.74. The van der Waals surface area contributed by atoms with E-state index in [9.17, 15) is 9.18 Å². The molecule has 3 atom stereocenters. The Kier molecular flexibility index (Phi) is 6.38. The van der Waals surface area contributed by atoms with Gasteiger partial charge in [0.25, 0.3) is 0 Å². The summed E-state index contributed by atoms with van der Waals surface area (Å²) < 4.78 is 19.1. The molecule has 1 aromatic rings. The normalized spacial score (nSPS) is 28.0. The average Bonchev–Trinajstić information content (AvgIpc) is 3.23. The Labute approximate surface area is 180 Å². The van der Waals surface area contributed by atoms with Gasteiger partial charge in [-0.1, -0.05) is 6.92 Å². The zero-order valence-electron chi connectivity index (χ0n) is 18.8. The summed E-state index contributed by atoms with van der Waals surface area (Å²) in [6, 6.07) is 5.86. The summed E-state index contributed by atoms with van der Waals surface area (Å²) in [7, 11) is 0. The Bertz CT molecular complexity index is 758. The van der Waals surface area contributed by atoms with Crippen molar-refractivity contribution in [1.82, 2.24) is 4.90 Å². The molecule has 166 valence electrons. The van der Waals surface area contributed by atoms with Crippen LogP contribution in [0.1, 0.15) is 71.3 Å². The van der Waals surface area contributed by atoms with Crippen LogP contribution < -0.4 is 5.32 Å². The van der Waals surface area contributed by atoms with Gasteiger partial charge < -0.3 is 15.0 Å². The van der Waals surface area contributed by atoms with Gasteiger partial charge in [0.15, 0.2) is 0 Å². The number of carbonyl (C=O) groups excluding carboxylic acids is 1. The molecule has 0 radical (unpaired) electrons.